The van der Waals surface area contributed by atoms with E-state index in [-0.39, 0.29) is 22.8 Å². The number of sulfone groups is 1. The molecule has 0 bridgehead atoms. The molecule has 1 heterocycles. The van der Waals surface area contributed by atoms with E-state index in [0.29, 0.717) is 12.1 Å². The molecule has 2 rings (SSSR count). The molecule has 1 aliphatic rings. The van der Waals surface area contributed by atoms with E-state index in [1.54, 1.807) is 12.1 Å². The minimum atomic E-state index is -4.02. The van der Waals surface area contributed by atoms with E-state index in [4.69, 9.17) is 17.9 Å². The Labute approximate surface area is 180 Å². The average molecular weight is 486 g/mol. The lowest BCUT2D eigenvalue weighted by Crippen LogP contribution is -2.36. The van der Waals surface area contributed by atoms with Gasteiger partial charge in [0.05, 0.1) is 27.8 Å². The van der Waals surface area contributed by atoms with Crippen molar-refractivity contribution in [1.82, 2.24) is 10.2 Å². The summed E-state index contributed by atoms with van der Waals surface area (Å²) in [6, 6.07) is 6.15. The molecule has 1 unspecified atom stereocenters. The molecule has 0 radical (unpaired) electrons. The summed E-state index contributed by atoms with van der Waals surface area (Å²) in [5.41, 5.74) is 0.668. The molecule has 0 aliphatic carbocycles. The van der Waals surface area contributed by atoms with Gasteiger partial charge in [0.15, 0.2) is 9.84 Å². The van der Waals surface area contributed by atoms with Crippen molar-refractivity contribution < 1.29 is 34.7 Å². The van der Waals surface area contributed by atoms with Crippen LogP contribution in [0.3, 0.4) is 0 Å². The molecule has 0 aromatic heterocycles. The predicted molar refractivity (Wildman–Crippen MR) is 113 cm³/mol. The number of hydrogen-bond donors (Lipinski definition) is 3. The number of benzene rings is 1. The van der Waals surface area contributed by atoms with Crippen LogP contribution >= 0.6 is 0 Å². The van der Waals surface area contributed by atoms with Gasteiger partial charge in [-0.15, -0.1) is 0 Å². The molecule has 0 spiro atoms. The van der Waals surface area contributed by atoms with E-state index >= 15 is 0 Å². The molecule has 0 saturated carbocycles. The number of nitrogens with one attached hydrogen (secondary N) is 1. The molecule has 0 amide bonds. The van der Waals surface area contributed by atoms with Gasteiger partial charge in [-0.2, -0.15) is 8.42 Å². The zero-order chi connectivity index (χ0) is 22.6. The molecule has 1 fully saturated rings. The first-order valence-electron chi connectivity index (χ1n) is 9.48. The number of likely N-dealkylation sites (tertiary alicyclic amines) is 1. The Hall–Kier alpha value is -0.930. The standard InChI is InChI=1S/C17H28N2O5S2.H2O3S/c20-25(21,15-10-18-9-13-19-11-2-1-3-12-19)17-6-4-16(5-7-17)8-14-26(22,23)24;1-4(2)3/h4-7,18H,1-3,8-15H2,(H,22,23,24);(H2,1,2,3)/p-1. The maximum Gasteiger partial charge on any atom is 0.265 e. The third-order valence-corrected chi connectivity index (χ3v) is 6.98. The van der Waals surface area contributed by atoms with Crippen LogP contribution in [-0.2, 0) is 37.7 Å². The Morgan fingerprint density at radius 1 is 1.00 bits per heavy atom. The van der Waals surface area contributed by atoms with E-state index in [9.17, 15) is 16.8 Å². The lowest BCUT2D eigenvalue weighted by molar-refractivity contribution is 0.229. The van der Waals surface area contributed by atoms with Crippen molar-refractivity contribution in [3.63, 3.8) is 0 Å². The summed E-state index contributed by atoms with van der Waals surface area (Å²) in [4.78, 5) is 2.63. The Kier molecular flexibility index (Phi) is 12.2. The second-order valence-electron chi connectivity index (χ2n) is 6.87. The Morgan fingerprint density at radius 2 is 1.57 bits per heavy atom. The van der Waals surface area contributed by atoms with E-state index in [0.717, 1.165) is 26.2 Å². The molecule has 174 valence electrons. The number of aryl methyl sites for hydroxylation is 1. The maximum atomic E-state index is 12.3. The van der Waals surface area contributed by atoms with Crippen molar-refractivity contribution in [2.45, 2.75) is 30.6 Å². The van der Waals surface area contributed by atoms with Gasteiger partial charge >= 0.3 is 0 Å². The van der Waals surface area contributed by atoms with Gasteiger partial charge in [0.1, 0.15) is 0 Å². The molecule has 13 heteroatoms. The first kappa shape index (κ1) is 27.1. The summed E-state index contributed by atoms with van der Waals surface area (Å²) in [5.74, 6) is -0.350. The largest absolute Gasteiger partial charge is 0.750 e. The van der Waals surface area contributed by atoms with Crippen molar-refractivity contribution in [3.8, 4) is 0 Å². The number of hydrogen-bond acceptors (Lipinski definition) is 8. The van der Waals surface area contributed by atoms with E-state index in [2.05, 4.69) is 10.2 Å². The van der Waals surface area contributed by atoms with E-state index in [1.165, 1.54) is 31.4 Å². The van der Waals surface area contributed by atoms with Crippen LogP contribution in [0.2, 0.25) is 0 Å². The molecule has 3 N–H and O–H groups in total. The topological polar surface area (TPSA) is 164 Å². The quantitative estimate of drug-likeness (QED) is 0.238. The zero-order valence-corrected chi connectivity index (χ0v) is 19.1. The normalized spacial score (nSPS) is 16.5. The van der Waals surface area contributed by atoms with Crippen LogP contribution in [0.4, 0.5) is 0 Å². The summed E-state index contributed by atoms with van der Waals surface area (Å²) < 4.78 is 79.0. The summed E-state index contributed by atoms with van der Waals surface area (Å²) in [7, 11) is -7.39. The fraction of sp³-hybridized carbons (Fsp3) is 0.647. The fourth-order valence-corrected chi connectivity index (χ4v) is 4.67. The van der Waals surface area contributed by atoms with Crippen LogP contribution in [-0.4, -0.2) is 83.8 Å². The van der Waals surface area contributed by atoms with Crippen LogP contribution in [0.15, 0.2) is 29.2 Å². The maximum absolute atomic E-state index is 12.3. The van der Waals surface area contributed by atoms with E-state index < -0.39 is 31.3 Å². The third kappa shape index (κ3) is 12.7. The summed E-state index contributed by atoms with van der Waals surface area (Å²) in [6.07, 6.45) is 3.94. The lowest BCUT2D eigenvalue weighted by atomic mass is 10.1. The summed E-state index contributed by atoms with van der Waals surface area (Å²) >= 11 is -2.86. The van der Waals surface area contributed by atoms with Crippen LogP contribution < -0.4 is 5.32 Å². The van der Waals surface area contributed by atoms with Gasteiger partial charge in [-0.3, -0.25) is 4.55 Å². The van der Waals surface area contributed by atoms with Crippen LogP contribution in [0.25, 0.3) is 0 Å². The molecular weight excluding hydrogens is 456 g/mol. The molecule has 10 nitrogen and oxygen atoms in total. The van der Waals surface area contributed by atoms with Gasteiger partial charge in [-0.05, 0) is 50.0 Å². The van der Waals surface area contributed by atoms with Crippen molar-refractivity contribution in [3.05, 3.63) is 29.8 Å². The fourth-order valence-electron chi connectivity index (χ4n) is 2.98. The molecule has 1 saturated heterocycles. The van der Waals surface area contributed by atoms with Gasteiger partial charge in [0, 0.05) is 19.6 Å². The molecule has 1 atom stereocenters. The highest BCUT2D eigenvalue weighted by molar-refractivity contribution is 7.91. The van der Waals surface area contributed by atoms with Crippen molar-refractivity contribution in [2.75, 3.05) is 44.2 Å². The molecule has 1 aliphatic heterocycles. The van der Waals surface area contributed by atoms with Crippen LogP contribution in [0, 0.1) is 0 Å². The second kappa shape index (κ2) is 13.5. The first-order chi connectivity index (χ1) is 14.0. The second-order valence-corrected chi connectivity index (χ2v) is 11.0. The number of rotatable bonds is 10. The first-order valence-corrected chi connectivity index (χ1v) is 13.8. The Balaban J connectivity index is 0.00000103. The van der Waals surface area contributed by atoms with Crippen molar-refractivity contribution >= 4 is 31.3 Å². The molecule has 1 aromatic rings. The van der Waals surface area contributed by atoms with Gasteiger partial charge in [0.2, 0.25) is 0 Å². The highest BCUT2D eigenvalue weighted by Crippen LogP contribution is 2.13. The lowest BCUT2D eigenvalue weighted by Gasteiger charge is -2.26. The predicted octanol–water partition coefficient (Wildman–Crippen LogP) is 0.305. The summed E-state index contributed by atoms with van der Waals surface area (Å²) in [5, 5.41) is 3.19. The van der Waals surface area contributed by atoms with Crippen LogP contribution in [0.1, 0.15) is 24.8 Å². The SMILES string of the molecule is O=S(=O)(O)CCc1ccc(S(=O)(=O)CCNCCN2CCCCC2)cc1.O=S([O-])O. The van der Waals surface area contributed by atoms with Gasteiger partial charge in [-0.25, -0.2) is 12.6 Å². The van der Waals surface area contributed by atoms with E-state index in [1.807, 2.05) is 0 Å². The highest BCUT2D eigenvalue weighted by atomic mass is 32.2. The highest BCUT2D eigenvalue weighted by Gasteiger charge is 2.15. The number of nitrogens with zero attached hydrogens (tertiary/aromatic N) is 1. The van der Waals surface area contributed by atoms with Gasteiger partial charge in [0.25, 0.3) is 10.1 Å². The van der Waals surface area contributed by atoms with Crippen LogP contribution in [0.5, 0.6) is 0 Å². The molecule has 30 heavy (non-hydrogen) atoms. The molecule has 1 aromatic carbocycles. The smallest absolute Gasteiger partial charge is 0.265 e. The minimum absolute atomic E-state index is 0.0252. The van der Waals surface area contributed by atoms with Crippen molar-refractivity contribution in [2.24, 2.45) is 0 Å². The monoisotopic (exact) mass is 485 g/mol. The zero-order valence-electron chi connectivity index (χ0n) is 16.6. The Morgan fingerprint density at radius 3 is 2.10 bits per heavy atom. The summed E-state index contributed by atoms with van der Waals surface area (Å²) in [6.45, 7) is 4.39. The van der Waals surface area contributed by atoms with Gasteiger partial charge in [-0.1, -0.05) is 18.6 Å². The third-order valence-electron chi connectivity index (χ3n) is 4.53. The minimum Gasteiger partial charge on any atom is -0.750 e. The molecular formula is C17H29N2O8S3-. The van der Waals surface area contributed by atoms with Crippen molar-refractivity contribution in [1.29, 1.82) is 0 Å². The average Bonchev–Trinajstić information content (AvgIpc) is 2.66. The van der Waals surface area contributed by atoms with Gasteiger partial charge < -0.3 is 19.3 Å². The Bertz CT molecular complexity index is 847. The number of piperidine rings is 1.